The van der Waals surface area contributed by atoms with Crippen LogP contribution in [0.2, 0.25) is 0 Å². The highest BCUT2D eigenvalue weighted by Gasteiger charge is 2.49. The second kappa shape index (κ2) is 6.48. The lowest BCUT2D eigenvalue weighted by Crippen LogP contribution is -2.22. The Balaban J connectivity index is 1.76. The van der Waals surface area contributed by atoms with E-state index in [2.05, 4.69) is 14.8 Å². The first-order valence-corrected chi connectivity index (χ1v) is 7.73. The smallest absolute Gasteiger partial charge is 0.305 e. The quantitative estimate of drug-likeness (QED) is 0.390. The molecule has 1 N–H and O–H groups in total. The fourth-order valence-electron chi connectivity index (χ4n) is 3.56. The van der Waals surface area contributed by atoms with Crippen molar-refractivity contribution in [3.8, 4) is 5.75 Å². The number of azide groups is 1. The molecule has 0 spiro atoms. The van der Waals surface area contributed by atoms with Gasteiger partial charge in [-0.3, -0.25) is 4.79 Å². The molecule has 1 aromatic rings. The minimum Gasteiger partial charge on any atom is -0.489 e. The molecule has 1 saturated carbocycles. The Hall–Kier alpha value is -2.24. The molecule has 2 aliphatic rings. The average Bonchev–Trinajstić information content (AvgIpc) is 3.05. The van der Waals surface area contributed by atoms with Crippen molar-refractivity contribution < 1.29 is 19.4 Å². The van der Waals surface area contributed by atoms with E-state index in [4.69, 9.17) is 10.3 Å². The Morgan fingerprint density at radius 1 is 1.57 bits per heavy atom. The zero-order valence-electron chi connectivity index (χ0n) is 12.9. The molecule has 1 aliphatic heterocycles. The molecule has 23 heavy (non-hydrogen) atoms. The molecule has 7 nitrogen and oxygen atoms in total. The molecule has 1 fully saturated rings. The van der Waals surface area contributed by atoms with E-state index < -0.39 is 12.1 Å². The van der Waals surface area contributed by atoms with Crippen LogP contribution in [0, 0.1) is 0 Å². The fraction of sp³-hybridized carbons (Fsp3) is 0.562. The lowest BCUT2D eigenvalue weighted by atomic mass is 9.93. The van der Waals surface area contributed by atoms with Gasteiger partial charge in [0.25, 0.3) is 0 Å². The van der Waals surface area contributed by atoms with E-state index in [0.29, 0.717) is 25.7 Å². The van der Waals surface area contributed by atoms with E-state index in [0.717, 1.165) is 16.9 Å². The maximum atomic E-state index is 11.2. The van der Waals surface area contributed by atoms with Gasteiger partial charge in [-0.2, -0.15) is 0 Å². The van der Waals surface area contributed by atoms with Gasteiger partial charge < -0.3 is 14.6 Å². The van der Waals surface area contributed by atoms with Gasteiger partial charge in [-0.25, -0.2) is 0 Å². The molecule has 7 heteroatoms. The van der Waals surface area contributed by atoms with E-state index in [1.165, 1.54) is 7.11 Å². The molecule has 0 amide bonds. The van der Waals surface area contributed by atoms with Crippen molar-refractivity contribution in [1.29, 1.82) is 0 Å². The summed E-state index contributed by atoms with van der Waals surface area (Å²) in [5, 5.41) is 14.1. The van der Waals surface area contributed by atoms with Gasteiger partial charge in [0.05, 0.1) is 25.2 Å². The average molecular weight is 317 g/mol. The van der Waals surface area contributed by atoms with Crippen LogP contribution in [0.15, 0.2) is 23.3 Å². The van der Waals surface area contributed by atoms with Gasteiger partial charge in [0.2, 0.25) is 0 Å². The van der Waals surface area contributed by atoms with E-state index in [-0.39, 0.29) is 18.0 Å². The van der Waals surface area contributed by atoms with Gasteiger partial charge >= 0.3 is 5.97 Å². The minimum absolute atomic E-state index is 0.152. The SMILES string of the molecule is COC(=O)CCCc1cccc2c1OC1CC(N=[N+]=[N-])C(O)C21. The number of ether oxygens (including phenoxy) is 2. The topological polar surface area (TPSA) is 105 Å². The summed E-state index contributed by atoms with van der Waals surface area (Å²) in [6.07, 6.45) is 1.42. The van der Waals surface area contributed by atoms with Crippen LogP contribution in [-0.2, 0) is 16.0 Å². The summed E-state index contributed by atoms with van der Waals surface area (Å²) in [5.41, 5.74) is 10.6. The molecule has 0 aromatic heterocycles. The fourth-order valence-corrected chi connectivity index (χ4v) is 3.56. The second-order valence-electron chi connectivity index (χ2n) is 5.95. The Labute approximate surface area is 133 Å². The molecule has 3 rings (SSSR count). The molecule has 0 radical (unpaired) electrons. The van der Waals surface area contributed by atoms with Crippen LogP contribution < -0.4 is 4.74 Å². The second-order valence-corrected chi connectivity index (χ2v) is 5.95. The predicted octanol–water partition coefficient (Wildman–Crippen LogP) is 2.47. The van der Waals surface area contributed by atoms with Crippen molar-refractivity contribution in [2.75, 3.05) is 7.11 Å². The van der Waals surface area contributed by atoms with Gasteiger partial charge in [0.15, 0.2) is 0 Å². The zero-order chi connectivity index (χ0) is 16.4. The highest BCUT2D eigenvalue weighted by molar-refractivity contribution is 5.69. The lowest BCUT2D eigenvalue weighted by molar-refractivity contribution is -0.140. The van der Waals surface area contributed by atoms with Crippen molar-refractivity contribution in [3.63, 3.8) is 0 Å². The van der Waals surface area contributed by atoms with Crippen molar-refractivity contribution in [3.05, 3.63) is 39.8 Å². The van der Waals surface area contributed by atoms with Crippen molar-refractivity contribution in [1.82, 2.24) is 0 Å². The number of carbonyl (C=O) groups excluding carboxylic acids is 1. The van der Waals surface area contributed by atoms with Gasteiger partial charge in [-0.15, -0.1) is 0 Å². The number of benzene rings is 1. The molecule has 1 heterocycles. The maximum absolute atomic E-state index is 11.2. The zero-order valence-corrected chi connectivity index (χ0v) is 12.9. The number of nitrogens with zero attached hydrogens (tertiary/aromatic N) is 3. The van der Waals surface area contributed by atoms with Crippen LogP contribution in [0.5, 0.6) is 5.75 Å². The third kappa shape index (κ3) is 2.85. The van der Waals surface area contributed by atoms with Gasteiger partial charge in [0, 0.05) is 16.9 Å². The van der Waals surface area contributed by atoms with Crippen LogP contribution in [0.3, 0.4) is 0 Å². The number of aliphatic hydroxyl groups is 1. The van der Waals surface area contributed by atoms with Crippen molar-refractivity contribution >= 4 is 5.97 Å². The Morgan fingerprint density at radius 3 is 3.13 bits per heavy atom. The molecule has 0 bridgehead atoms. The number of para-hydroxylation sites is 1. The number of aryl methyl sites for hydroxylation is 1. The summed E-state index contributed by atoms with van der Waals surface area (Å²) in [5.74, 6) is 0.440. The van der Waals surface area contributed by atoms with Crippen LogP contribution in [0.4, 0.5) is 0 Å². The van der Waals surface area contributed by atoms with E-state index in [9.17, 15) is 9.90 Å². The molecule has 0 saturated heterocycles. The van der Waals surface area contributed by atoms with Gasteiger partial charge in [-0.05, 0) is 30.4 Å². The highest BCUT2D eigenvalue weighted by atomic mass is 16.5. The first-order valence-electron chi connectivity index (χ1n) is 7.73. The number of esters is 1. The minimum atomic E-state index is -0.720. The van der Waals surface area contributed by atoms with Crippen LogP contribution in [-0.4, -0.2) is 36.4 Å². The van der Waals surface area contributed by atoms with Crippen molar-refractivity contribution in [2.45, 2.75) is 49.9 Å². The Morgan fingerprint density at radius 2 is 2.39 bits per heavy atom. The van der Waals surface area contributed by atoms with Crippen LogP contribution in [0.25, 0.3) is 10.4 Å². The van der Waals surface area contributed by atoms with Crippen LogP contribution >= 0.6 is 0 Å². The number of hydrogen-bond acceptors (Lipinski definition) is 5. The maximum Gasteiger partial charge on any atom is 0.305 e. The van der Waals surface area contributed by atoms with Gasteiger partial charge in [0.1, 0.15) is 11.9 Å². The molecule has 1 aliphatic carbocycles. The highest BCUT2D eigenvalue weighted by Crippen LogP contribution is 2.49. The largest absolute Gasteiger partial charge is 0.489 e. The molecule has 4 atom stereocenters. The number of carbonyl (C=O) groups is 1. The lowest BCUT2D eigenvalue weighted by Gasteiger charge is -2.15. The number of methoxy groups -OCH3 is 1. The third-order valence-corrected chi connectivity index (χ3v) is 4.65. The molecule has 4 unspecified atom stereocenters. The number of fused-ring (bicyclic) bond motifs is 3. The molecular weight excluding hydrogens is 298 g/mol. The number of hydrogen-bond donors (Lipinski definition) is 1. The summed E-state index contributed by atoms with van der Waals surface area (Å²) in [4.78, 5) is 14.0. The normalized spacial score (nSPS) is 27.6. The number of aliphatic hydroxyl groups excluding tert-OH is 1. The van der Waals surface area contributed by atoms with E-state index in [1.54, 1.807) is 0 Å². The summed E-state index contributed by atoms with van der Waals surface area (Å²) in [6.45, 7) is 0. The van der Waals surface area contributed by atoms with Crippen LogP contribution in [0.1, 0.15) is 36.3 Å². The molecule has 122 valence electrons. The summed E-state index contributed by atoms with van der Waals surface area (Å²) in [6, 6.07) is 5.43. The van der Waals surface area contributed by atoms with E-state index in [1.807, 2.05) is 18.2 Å². The van der Waals surface area contributed by atoms with Gasteiger partial charge in [-0.1, -0.05) is 23.3 Å². The Kier molecular flexibility index (Phi) is 4.41. The standard InChI is InChI=1S/C16H19N3O4/c1-22-13(20)7-3-5-9-4-2-6-10-14-12(23-16(9)10)8-11(15(14)21)18-19-17/h2,4,6,11-12,14-15,21H,3,5,7-8H2,1H3. The molecular formula is C16H19N3O4. The van der Waals surface area contributed by atoms with Crippen molar-refractivity contribution in [2.24, 2.45) is 5.11 Å². The summed E-state index contributed by atoms with van der Waals surface area (Å²) < 4.78 is 10.7. The first-order chi connectivity index (χ1) is 11.2. The first kappa shape index (κ1) is 15.6. The number of rotatable bonds is 5. The Bertz CT molecular complexity index is 657. The molecule has 1 aromatic carbocycles. The summed E-state index contributed by atoms with van der Waals surface area (Å²) in [7, 11) is 1.38. The monoisotopic (exact) mass is 317 g/mol. The predicted molar refractivity (Wildman–Crippen MR) is 82.1 cm³/mol. The van der Waals surface area contributed by atoms with E-state index >= 15 is 0 Å². The summed E-state index contributed by atoms with van der Waals surface area (Å²) >= 11 is 0. The third-order valence-electron chi connectivity index (χ3n) is 4.65.